The Morgan fingerprint density at radius 3 is 0.787 bits per heavy atom. The molecule has 5 saturated heterocycles. The van der Waals surface area contributed by atoms with Gasteiger partial charge in [0.05, 0.1) is 89.3 Å². The van der Waals surface area contributed by atoms with Crippen molar-refractivity contribution in [3.05, 3.63) is 0 Å². The number of piperidine rings is 1. The Labute approximate surface area is 824 Å². The maximum absolute atomic E-state index is 4.94. The molecule has 0 spiro atoms. The van der Waals surface area contributed by atoms with Gasteiger partial charge in [0.2, 0.25) is 6.40 Å². The van der Waals surface area contributed by atoms with E-state index in [2.05, 4.69) is 105 Å². The number of nitrogens with zero attached hydrogens (tertiary/aromatic N) is 7. The van der Waals surface area contributed by atoms with Crippen molar-refractivity contribution < 1.29 is 42.8 Å². The number of hydrogen-bond donors (Lipinski definition) is 6. The van der Waals surface area contributed by atoms with Gasteiger partial charge in [0, 0.05) is 75.8 Å². The van der Waals surface area contributed by atoms with Crippen LogP contribution < -0.4 is 32.2 Å². The lowest BCUT2D eigenvalue weighted by molar-refractivity contribution is -0.0963. The molecule has 26 heteroatoms. The summed E-state index contributed by atoms with van der Waals surface area (Å²) in [6.07, 6.45) is 27.1. The Morgan fingerprint density at radius 2 is 0.685 bits per heavy atom. The number of rotatable bonds is 0. The molecule has 800 valence electrons. The lowest BCUT2D eigenvalue weighted by atomic mass is 10.0. The monoisotopic (exact) mass is 1920 g/mol. The van der Waals surface area contributed by atoms with Gasteiger partial charge >= 0.3 is 0 Å². The molecule has 0 bridgehead atoms. The van der Waals surface area contributed by atoms with Crippen LogP contribution in [0.25, 0.3) is 0 Å². The summed E-state index contributed by atoms with van der Waals surface area (Å²) in [5, 5.41) is 21.0. The van der Waals surface area contributed by atoms with Crippen LogP contribution in [0.1, 0.15) is 450 Å². The van der Waals surface area contributed by atoms with Crippen LogP contribution >= 0.6 is 47.0 Å². The van der Waals surface area contributed by atoms with E-state index in [4.69, 9.17) is 28.4 Å². The maximum Gasteiger partial charge on any atom is 0.257 e. The van der Waals surface area contributed by atoms with Crippen LogP contribution in [0.15, 0.2) is 35.2 Å². The number of hydroxylamine groups is 1. The molecular formula is C101H253N13O9S4. The van der Waals surface area contributed by atoms with Crippen LogP contribution in [0.2, 0.25) is 0 Å². The minimum absolute atomic E-state index is 0.278. The van der Waals surface area contributed by atoms with Gasteiger partial charge in [-0.3, -0.25) is 35.7 Å². The molecule has 0 amide bonds. The summed E-state index contributed by atoms with van der Waals surface area (Å²) in [7, 11) is 0. The number of ether oxygens (including phenoxy) is 7. The van der Waals surface area contributed by atoms with Gasteiger partial charge < -0.3 is 59.3 Å². The maximum atomic E-state index is 4.94. The van der Waals surface area contributed by atoms with E-state index in [1.165, 1.54) is 132 Å². The smallest absolute Gasteiger partial charge is 0.257 e. The van der Waals surface area contributed by atoms with Gasteiger partial charge in [0.15, 0.2) is 13.1 Å². The van der Waals surface area contributed by atoms with Gasteiger partial charge in [0.1, 0.15) is 13.1 Å². The van der Waals surface area contributed by atoms with E-state index in [1.807, 2.05) is 366 Å². The van der Waals surface area contributed by atoms with Crippen LogP contribution in [0.4, 0.5) is 0 Å². The van der Waals surface area contributed by atoms with E-state index < -0.39 is 0 Å². The summed E-state index contributed by atoms with van der Waals surface area (Å²) in [4.78, 5) is 28.1. The average Bonchev–Trinajstić information content (AvgIpc) is 2.31. The van der Waals surface area contributed by atoms with Crippen molar-refractivity contribution in [2.75, 3.05) is 180 Å². The third-order valence-electron chi connectivity index (χ3n) is 9.82. The second-order valence-electron chi connectivity index (χ2n) is 16.2. The lowest BCUT2D eigenvalue weighted by Gasteiger charge is -2.11. The molecule has 1 aliphatic carbocycles. The van der Waals surface area contributed by atoms with Gasteiger partial charge in [-0.1, -0.05) is 422 Å². The molecule has 22 nitrogen and oxygen atoms in total. The highest BCUT2D eigenvalue weighted by Gasteiger charge is 1.99. The standard InChI is InChI=1S/C6H12.C5H11N.C4H10N2.C4H8N2.2C4H7NO.C4H7NS.2C4H8O2.C4H8S2.C2H4N2O.C2H4N2S.C2H3NO2.26C2H6/c2*1-2-4-6-5-3-1;1-2-6-4-3-5-1;1-2-5-4-6-3-1;1-3-6-4-2-5-1;2*1-2-5-4-6-3-1;1-2-6-4-3-5-1;2*1-2-5-4-6-3-1;1-3-2-5-4-1;1-3-4-2-5-1;1-3-5-2-4-1;26*1-2/h1-6H2;6H,1-5H2;5-6H,1-4H2;4H,1-3H2,(H,5,6);1H,2-4H2;2*4H,1-3H2;3*1-4H2;1H,2H2,(H,3,4);1,4H,2H2;1H,2H2;26*1-2H3. The topological polar surface area (TPSA) is 242 Å². The van der Waals surface area contributed by atoms with E-state index in [-0.39, 0.29) is 6.79 Å². The average molecular weight is 1920 g/mol. The fraction of sp³-hybridized carbons (Fsp3) is 0.931. The van der Waals surface area contributed by atoms with E-state index in [9.17, 15) is 0 Å². The Hall–Kier alpha value is -2.47. The van der Waals surface area contributed by atoms with E-state index in [0.29, 0.717) is 20.1 Å². The van der Waals surface area contributed by atoms with Crippen molar-refractivity contribution in [3.63, 3.8) is 0 Å². The van der Waals surface area contributed by atoms with Crippen LogP contribution in [0, 0.1) is 0 Å². The van der Waals surface area contributed by atoms with Gasteiger partial charge in [-0.2, -0.15) is 28.6 Å². The third kappa shape index (κ3) is 347. The molecule has 0 aromatic heterocycles. The zero-order valence-electron chi connectivity index (χ0n) is 97.2. The van der Waals surface area contributed by atoms with Crippen LogP contribution in [-0.2, 0) is 42.8 Å². The Bertz CT molecular complexity index is 1020. The predicted molar refractivity (Wildman–Crippen MR) is 614 cm³/mol. The number of aliphatic imine (C=N–C) groups is 5. The molecule has 0 radical (unpaired) electrons. The van der Waals surface area contributed by atoms with E-state index in [0.717, 1.165) is 130 Å². The van der Waals surface area contributed by atoms with Crippen LogP contribution in [0.5, 0.6) is 0 Å². The molecule has 0 aromatic carbocycles. The van der Waals surface area contributed by atoms with Crippen molar-refractivity contribution in [1.29, 1.82) is 0 Å². The fourth-order valence-electron chi connectivity index (χ4n) is 5.97. The molecule has 0 unspecified atom stereocenters. The normalized spacial score (nSPS) is 14.1. The molecule has 12 aliphatic heterocycles. The summed E-state index contributed by atoms with van der Waals surface area (Å²) in [6.45, 7) is 124. The zero-order chi connectivity index (χ0) is 105. The Morgan fingerprint density at radius 1 is 0.276 bits per heavy atom. The minimum Gasteiger partial charge on any atom is -0.483 e. The highest BCUT2D eigenvalue weighted by atomic mass is 32.2. The SMILES string of the molecule is C1=NCCCN1.C1=NCCCO1.C1=NCCCS1.C1=NCCOC1.C1=NCON1.C1=NNCS1.C1=NOCO1.C1CCCCC1.C1CCNCC1.C1CNCCN1.C1COCCO1.C1COCOC1.C1CSCSC1.CC.CC.CC.CC.CC.CC.CC.CC.CC.CC.CC.CC.CC.CC.CC.CC.CC.CC.CC.CC.CC.CC.CC.CC.CC.CC. The van der Waals surface area contributed by atoms with Crippen LogP contribution in [0.3, 0.4) is 0 Å². The number of oxime groups is 1. The Kier molecular flexibility index (Phi) is 543. The minimum atomic E-state index is 0.278. The van der Waals surface area contributed by atoms with Crippen molar-refractivity contribution in [2.24, 2.45) is 35.2 Å². The molecule has 13 aliphatic rings. The molecule has 12 heterocycles. The second-order valence-corrected chi connectivity index (χ2v) is 20.6. The number of piperazine rings is 1. The fourth-order valence-corrected chi connectivity index (χ4v) is 9.25. The van der Waals surface area contributed by atoms with Crippen molar-refractivity contribution >= 4 is 89.8 Å². The lowest BCUT2D eigenvalue weighted by Crippen LogP contribution is -2.39. The summed E-state index contributed by atoms with van der Waals surface area (Å²) in [6, 6.07) is 0. The molecule has 127 heavy (non-hydrogen) atoms. The number of nitrogens with one attached hydrogen (secondary N) is 6. The summed E-state index contributed by atoms with van der Waals surface area (Å²) >= 11 is 7.59. The molecule has 6 fully saturated rings. The Balaban J connectivity index is -0.0000000348. The first kappa shape index (κ1) is 196. The molecule has 6 N–H and O–H groups in total. The third-order valence-corrected chi connectivity index (χ3v) is 13.7. The second kappa shape index (κ2) is 353. The van der Waals surface area contributed by atoms with Crippen molar-refractivity contribution in [3.8, 4) is 0 Å². The largest absolute Gasteiger partial charge is 0.483 e. The highest BCUT2D eigenvalue weighted by Crippen LogP contribution is 2.20. The molecule has 1 saturated carbocycles. The van der Waals surface area contributed by atoms with Crippen LogP contribution in [-0.4, -0.2) is 223 Å². The van der Waals surface area contributed by atoms with Crippen molar-refractivity contribution in [1.82, 2.24) is 32.2 Å². The van der Waals surface area contributed by atoms with Gasteiger partial charge in [0.25, 0.3) is 6.79 Å². The molecule has 0 aromatic rings. The number of hydrogen-bond acceptors (Lipinski definition) is 26. The summed E-state index contributed by atoms with van der Waals surface area (Å²) in [5.41, 5.74) is 8.91. The van der Waals surface area contributed by atoms with E-state index >= 15 is 0 Å². The molecular weight excluding hydrogens is 1670 g/mol. The first-order valence-corrected chi connectivity index (χ1v) is 57.4. The quantitative estimate of drug-likeness (QED) is 0.132. The predicted octanol–water partition coefficient (Wildman–Crippen LogP) is 32.5. The first-order chi connectivity index (χ1) is 63.5. The summed E-state index contributed by atoms with van der Waals surface area (Å²) < 4.78 is 33.7. The summed E-state index contributed by atoms with van der Waals surface area (Å²) in [5.74, 6) is 5.00. The first-order valence-electron chi connectivity index (χ1n) is 53.0. The number of hydrazone groups is 1. The van der Waals surface area contributed by atoms with E-state index in [1.54, 1.807) is 41.6 Å². The zero-order valence-corrected chi connectivity index (χ0v) is 100. The molecule has 0 atom stereocenters. The highest BCUT2D eigenvalue weighted by molar-refractivity contribution is 8.16. The number of thioether (sulfide) groups is 4. The van der Waals surface area contributed by atoms with Gasteiger partial charge in [-0.15, -0.1) is 11.8 Å². The van der Waals surface area contributed by atoms with Crippen molar-refractivity contribution in [2.45, 2.75) is 450 Å². The molecule has 13 rings (SSSR count). The van der Waals surface area contributed by atoms with Gasteiger partial charge in [-0.05, 0) is 63.1 Å². The van der Waals surface area contributed by atoms with Gasteiger partial charge in [-0.25, -0.2) is 4.99 Å².